The molecule has 0 aromatic heterocycles. The van der Waals surface area contributed by atoms with Crippen molar-refractivity contribution in [1.29, 1.82) is 0 Å². The molecule has 2 aliphatic rings. The summed E-state index contributed by atoms with van der Waals surface area (Å²) in [4.78, 5) is 14.4. The number of carbonyl (C=O) groups is 1. The Morgan fingerprint density at radius 3 is 2.70 bits per heavy atom. The van der Waals surface area contributed by atoms with E-state index < -0.39 is 32.4 Å². The van der Waals surface area contributed by atoms with E-state index in [4.69, 9.17) is 10.5 Å². The van der Waals surface area contributed by atoms with Crippen LogP contribution in [0.4, 0.5) is 0 Å². The third kappa shape index (κ3) is 3.84. The molecule has 3 unspecified atom stereocenters. The Morgan fingerprint density at radius 2 is 2.15 bits per heavy atom. The third-order valence-corrected chi connectivity index (χ3v) is 7.16. The highest BCUT2D eigenvalue weighted by molar-refractivity contribution is 7.95. The molecular weight excluding hydrogens is 374 g/mol. The van der Waals surface area contributed by atoms with E-state index in [0.717, 1.165) is 32.0 Å². The summed E-state index contributed by atoms with van der Waals surface area (Å²) in [7, 11) is -2.74. The van der Waals surface area contributed by atoms with Gasteiger partial charge in [0.05, 0.1) is 23.5 Å². The summed E-state index contributed by atoms with van der Waals surface area (Å²) in [6.45, 7) is 5.46. The number of aliphatic hydroxyl groups is 2. The van der Waals surface area contributed by atoms with Crippen LogP contribution in [0.15, 0.2) is 22.4 Å². The smallest absolute Gasteiger partial charge is 0.263 e. The number of nitrogens with one attached hydrogen (secondary N) is 1. The number of allylic oxidation sites excluding steroid dienone is 1. The van der Waals surface area contributed by atoms with Crippen molar-refractivity contribution in [2.24, 2.45) is 5.73 Å². The molecule has 154 valence electrons. The predicted octanol–water partition coefficient (Wildman–Crippen LogP) is -1.17. The number of ether oxygens (including phenoxy) is 1. The SMILES string of the molecule is CCN1CCCC1CNC(=O)C1(O)C(OC)=CC(N)=C(S(=O)(=O)CC)C1O. The summed E-state index contributed by atoms with van der Waals surface area (Å²) in [5, 5.41) is 24.2. The number of likely N-dealkylation sites (N-methyl/N-ethyl adjacent to an activating group) is 1. The molecule has 0 aromatic carbocycles. The van der Waals surface area contributed by atoms with E-state index in [9.17, 15) is 23.4 Å². The lowest BCUT2D eigenvalue weighted by atomic mass is 9.87. The maximum absolute atomic E-state index is 12.8. The van der Waals surface area contributed by atoms with Gasteiger partial charge in [-0.3, -0.25) is 9.69 Å². The first-order chi connectivity index (χ1) is 12.6. The molecule has 5 N–H and O–H groups in total. The molecule has 3 atom stereocenters. The van der Waals surface area contributed by atoms with Gasteiger partial charge in [0.2, 0.25) is 5.60 Å². The second-order valence-electron chi connectivity index (χ2n) is 6.74. The van der Waals surface area contributed by atoms with Crippen LogP contribution in [0, 0.1) is 0 Å². The van der Waals surface area contributed by atoms with Crippen molar-refractivity contribution in [3.05, 3.63) is 22.4 Å². The Kier molecular flexibility index (Phi) is 6.56. The third-order valence-electron chi connectivity index (χ3n) is 5.28. The Labute approximate surface area is 159 Å². The number of amides is 1. The number of aliphatic hydroxyl groups excluding tert-OH is 1. The van der Waals surface area contributed by atoms with Gasteiger partial charge in [0.25, 0.3) is 5.91 Å². The number of nitrogens with two attached hydrogens (primary N) is 1. The Balaban J connectivity index is 2.30. The molecule has 1 aliphatic carbocycles. The van der Waals surface area contributed by atoms with Crippen LogP contribution in [-0.4, -0.2) is 79.7 Å². The monoisotopic (exact) mass is 403 g/mol. The minimum absolute atomic E-state index is 0.123. The predicted molar refractivity (Wildman–Crippen MR) is 100 cm³/mol. The van der Waals surface area contributed by atoms with Gasteiger partial charge >= 0.3 is 0 Å². The molecule has 27 heavy (non-hydrogen) atoms. The van der Waals surface area contributed by atoms with Crippen LogP contribution in [-0.2, 0) is 19.4 Å². The summed E-state index contributed by atoms with van der Waals surface area (Å²) in [6.07, 6.45) is 0.934. The fourth-order valence-corrected chi connectivity index (χ4v) is 4.89. The Hall–Kier alpha value is -1.62. The van der Waals surface area contributed by atoms with Crippen molar-refractivity contribution in [3.8, 4) is 0 Å². The van der Waals surface area contributed by atoms with E-state index in [-0.39, 0.29) is 29.8 Å². The van der Waals surface area contributed by atoms with Crippen molar-refractivity contribution in [2.45, 2.75) is 44.4 Å². The van der Waals surface area contributed by atoms with E-state index in [2.05, 4.69) is 10.2 Å². The largest absolute Gasteiger partial charge is 0.497 e. The number of hydrogen-bond donors (Lipinski definition) is 4. The Morgan fingerprint density at radius 1 is 1.48 bits per heavy atom. The number of hydrogen-bond acceptors (Lipinski definition) is 8. The molecule has 1 aliphatic heterocycles. The first-order valence-electron chi connectivity index (χ1n) is 9.04. The van der Waals surface area contributed by atoms with Crippen molar-refractivity contribution in [2.75, 3.05) is 32.5 Å². The molecule has 0 aromatic rings. The number of methoxy groups -OCH3 is 1. The molecule has 2 rings (SSSR count). The van der Waals surface area contributed by atoms with Gasteiger partial charge in [0.1, 0.15) is 11.9 Å². The van der Waals surface area contributed by atoms with Crippen LogP contribution in [0.1, 0.15) is 26.7 Å². The highest BCUT2D eigenvalue weighted by Gasteiger charge is 2.54. The maximum Gasteiger partial charge on any atom is 0.263 e. The van der Waals surface area contributed by atoms with Crippen LogP contribution >= 0.6 is 0 Å². The number of nitrogens with zero attached hydrogens (tertiary/aromatic N) is 1. The lowest BCUT2D eigenvalue weighted by molar-refractivity contribution is -0.149. The van der Waals surface area contributed by atoms with Gasteiger partial charge in [-0.1, -0.05) is 13.8 Å². The highest BCUT2D eigenvalue weighted by Crippen LogP contribution is 2.35. The van der Waals surface area contributed by atoms with Crippen LogP contribution in [0.25, 0.3) is 0 Å². The molecule has 10 heteroatoms. The van der Waals surface area contributed by atoms with Gasteiger partial charge in [0, 0.05) is 18.7 Å². The Bertz CT molecular complexity index is 748. The van der Waals surface area contributed by atoms with Crippen LogP contribution in [0.3, 0.4) is 0 Å². The maximum atomic E-state index is 12.8. The summed E-state index contributed by atoms with van der Waals surface area (Å²) < 4.78 is 29.7. The van der Waals surface area contributed by atoms with E-state index in [1.807, 2.05) is 6.92 Å². The van der Waals surface area contributed by atoms with Gasteiger partial charge in [-0.25, -0.2) is 8.42 Å². The highest BCUT2D eigenvalue weighted by atomic mass is 32.2. The standard InChI is InChI=1S/C17H29N3O6S/c1-4-20-8-6-7-11(20)10-19-16(22)17(23)13(26-3)9-12(18)14(15(17)21)27(24,25)5-2/h9,11,15,21,23H,4-8,10,18H2,1-3H3,(H,19,22). The van der Waals surface area contributed by atoms with E-state index in [1.165, 1.54) is 14.0 Å². The minimum Gasteiger partial charge on any atom is -0.497 e. The zero-order valence-electron chi connectivity index (χ0n) is 15.9. The van der Waals surface area contributed by atoms with Gasteiger partial charge in [-0.05, 0) is 25.9 Å². The fourth-order valence-electron chi connectivity index (χ4n) is 3.65. The van der Waals surface area contributed by atoms with E-state index in [1.54, 1.807) is 0 Å². The molecule has 0 saturated carbocycles. The summed E-state index contributed by atoms with van der Waals surface area (Å²) in [5.74, 6) is -1.57. The number of likely N-dealkylation sites (tertiary alicyclic amines) is 1. The van der Waals surface area contributed by atoms with Gasteiger partial charge < -0.3 is 26.0 Å². The van der Waals surface area contributed by atoms with Crippen LogP contribution in [0.5, 0.6) is 0 Å². The summed E-state index contributed by atoms with van der Waals surface area (Å²) in [6, 6.07) is 0.123. The van der Waals surface area contributed by atoms with Gasteiger partial charge in [-0.2, -0.15) is 0 Å². The van der Waals surface area contributed by atoms with Crippen molar-refractivity contribution in [3.63, 3.8) is 0 Å². The zero-order chi connectivity index (χ0) is 20.4. The quantitative estimate of drug-likeness (QED) is 0.416. The molecule has 1 fully saturated rings. The summed E-state index contributed by atoms with van der Waals surface area (Å²) >= 11 is 0. The minimum atomic E-state index is -3.94. The molecule has 0 spiro atoms. The topological polar surface area (TPSA) is 142 Å². The molecule has 0 bridgehead atoms. The second-order valence-corrected chi connectivity index (χ2v) is 8.99. The number of rotatable bonds is 7. The molecule has 1 saturated heterocycles. The van der Waals surface area contributed by atoms with E-state index >= 15 is 0 Å². The first-order valence-corrected chi connectivity index (χ1v) is 10.7. The van der Waals surface area contributed by atoms with Gasteiger partial charge in [0.15, 0.2) is 9.84 Å². The molecule has 0 radical (unpaired) electrons. The second kappa shape index (κ2) is 8.17. The van der Waals surface area contributed by atoms with Crippen LogP contribution in [0.2, 0.25) is 0 Å². The van der Waals surface area contributed by atoms with Crippen molar-refractivity contribution >= 4 is 15.7 Å². The lowest BCUT2D eigenvalue weighted by Crippen LogP contribution is -2.60. The molecule has 1 amide bonds. The van der Waals surface area contributed by atoms with Crippen LogP contribution < -0.4 is 11.1 Å². The first kappa shape index (κ1) is 21.7. The average Bonchev–Trinajstić information content (AvgIpc) is 3.09. The number of sulfone groups is 1. The molecule has 9 nitrogen and oxygen atoms in total. The zero-order valence-corrected chi connectivity index (χ0v) is 16.8. The summed E-state index contributed by atoms with van der Waals surface area (Å²) in [5.41, 5.74) is 2.93. The van der Waals surface area contributed by atoms with Crippen molar-refractivity contribution < 1.29 is 28.2 Å². The fraction of sp³-hybridized carbons (Fsp3) is 0.706. The lowest BCUT2D eigenvalue weighted by Gasteiger charge is -2.37. The van der Waals surface area contributed by atoms with Crippen molar-refractivity contribution in [1.82, 2.24) is 10.2 Å². The average molecular weight is 404 g/mol. The normalized spacial score (nSPS) is 29.6. The molecule has 1 heterocycles. The number of carbonyl (C=O) groups excluding carboxylic acids is 1. The molecular formula is C17H29N3O6S. The van der Waals surface area contributed by atoms with Gasteiger partial charge in [-0.15, -0.1) is 0 Å². The van der Waals surface area contributed by atoms with E-state index in [0.29, 0.717) is 0 Å².